The highest BCUT2D eigenvalue weighted by atomic mass is 19.1. The number of fused-ring (bicyclic) bond motifs is 1. The van der Waals surface area contributed by atoms with Crippen molar-refractivity contribution in [3.05, 3.63) is 115 Å². The van der Waals surface area contributed by atoms with Gasteiger partial charge in [0.1, 0.15) is 41.1 Å². The van der Waals surface area contributed by atoms with Crippen molar-refractivity contribution in [3.8, 4) is 34.1 Å². The van der Waals surface area contributed by atoms with Crippen LogP contribution in [0.2, 0.25) is 0 Å². The first-order chi connectivity index (χ1) is 22.4. The fourth-order valence-corrected chi connectivity index (χ4v) is 4.89. The number of amides is 1. The molecule has 0 unspecified atom stereocenters. The predicted octanol–water partition coefficient (Wildman–Crippen LogP) is 6.34. The van der Waals surface area contributed by atoms with Crippen LogP contribution in [0.25, 0.3) is 28.3 Å². The van der Waals surface area contributed by atoms with Crippen molar-refractivity contribution in [1.82, 2.24) is 24.7 Å². The number of carbonyl (C=O) groups is 1. The van der Waals surface area contributed by atoms with Crippen LogP contribution in [0.15, 0.2) is 97.3 Å². The highest BCUT2D eigenvalue weighted by molar-refractivity contribution is 6.07. The molecule has 46 heavy (non-hydrogen) atoms. The Kier molecular flexibility index (Phi) is 8.79. The maximum absolute atomic E-state index is 14.3. The number of benzene rings is 3. The molecule has 0 saturated heterocycles. The topological polar surface area (TPSA) is 115 Å². The molecule has 6 aromatic rings. The van der Waals surface area contributed by atoms with Crippen LogP contribution in [0, 0.1) is 11.6 Å². The average Bonchev–Trinajstić information content (AvgIpc) is 3.46. The Bertz CT molecular complexity index is 2010. The number of nitrogens with zero attached hydrogens (tertiary/aromatic N) is 4. The van der Waals surface area contributed by atoms with Gasteiger partial charge >= 0.3 is 0 Å². The number of pyridine rings is 1. The number of aromatic nitrogens is 4. The van der Waals surface area contributed by atoms with Crippen LogP contribution in [0.3, 0.4) is 0 Å². The molecule has 0 atom stereocenters. The first kappa shape index (κ1) is 30.2. The van der Waals surface area contributed by atoms with Gasteiger partial charge < -0.3 is 25.4 Å². The van der Waals surface area contributed by atoms with E-state index >= 15 is 0 Å². The fourth-order valence-electron chi connectivity index (χ4n) is 4.89. The molecule has 3 aromatic carbocycles. The Morgan fingerprint density at radius 2 is 1.76 bits per heavy atom. The minimum absolute atomic E-state index is 0.0625. The number of hydrogen-bond donors (Lipinski definition) is 3. The summed E-state index contributed by atoms with van der Waals surface area (Å²) < 4.78 is 41.8. The average molecular weight is 622 g/mol. The van der Waals surface area contributed by atoms with Gasteiger partial charge in [-0.05, 0) is 67.7 Å². The van der Waals surface area contributed by atoms with Gasteiger partial charge in [-0.1, -0.05) is 18.2 Å². The summed E-state index contributed by atoms with van der Waals surface area (Å²) in [6.07, 6.45) is 3.50. The zero-order valence-corrected chi connectivity index (χ0v) is 24.9. The molecule has 0 spiro atoms. The van der Waals surface area contributed by atoms with Crippen LogP contribution in [0.1, 0.15) is 10.4 Å². The number of halogens is 2. The number of imidazole rings is 1. The lowest BCUT2D eigenvalue weighted by atomic mass is 10.0. The predicted molar refractivity (Wildman–Crippen MR) is 172 cm³/mol. The Balaban J connectivity index is 1.38. The number of para-hydroxylation sites is 1. The van der Waals surface area contributed by atoms with Gasteiger partial charge in [0.05, 0.1) is 29.8 Å². The van der Waals surface area contributed by atoms with Crippen LogP contribution < -0.4 is 25.4 Å². The van der Waals surface area contributed by atoms with Gasteiger partial charge in [0.2, 0.25) is 5.95 Å². The van der Waals surface area contributed by atoms with Crippen LogP contribution in [-0.2, 0) is 0 Å². The molecule has 0 radical (unpaired) electrons. The van der Waals surface area contributed by atoms with Crippen molar-refractivity contribution < 1.29 is 23.0 Å². The molecule has 0 aliphatic carbocycles. The molecule has 12 heteroatoms. The van der Waals surface area contributed by atoms with Crippen LogP contribution >= 0.6 is 0 Å². The number of anilines is 3. The molecule has 0 bridgehead atoms. The summed E-state index contributed by atoms with van der Waals surface area (Å²) in [5, 5.41) is 8.62. The molecule has 232 valence electrons. The van der Waals surface area contributed by atoms with Gasteiger partial charge in [0.25, 0.3) is 5.91 Å². The van der Waals surface area contributed by atoms with Crippen molar-refractivity contribution in [1.29, 1.82) is 0 Å². The number of likely N-dealkylation sites (N-methyl/N-ethyl adjacent to an activating group) is 1. The van der Waals surface area contributed by atoms with Gasteiger partial charge in [-0.2, -0.15) is 0 Å². The second-order valence-corrected chi connectivity index (χ2v) is 10.1. The Hall–Kier alpha value is -5.88. The molecule has 3 N–H and O–H groups in total. The quantitative estimate of drug-likeness (QED) is 0.144. The van der Waals surface area contributed by atoms with Crippen molar-refractivity contribution >= 4 is 28.9 Å². The zero-order valence-electron chi connectivity index (χ0n) is 24.9. The number of carbonyl (C=O) groups excluding carboxylic acids is 1. The van der Waals surface area contributed by atoms with Crippen LogP contribution in [0.5, 0.6) is 11.5 Å². The summed E-state index contributed by atoms with van der Waals surface area (Å²) >= 11 is 0. The Morgan fingerprint density at radius 3 is 2.57 bits per heavy atom. The van der Waals surface area contributed by atoms with Crippen molar-refractivity contribution in [2.24, 2.45) is 0 Å². The molecular formula is C34H29F2N7O3. The minimum atomic E-state index is -0.896. The second kappa shape index (κ2) is 13.4. The van der Waals surface area contributed by atoms with E-state index in [-0.39, 0.29) is 11.3 Å². The Morgan fingerprint density at radius 1 is 0.935 bits per heavy atom. The van der Waals surface area contributed by atoms with E-state index in [4.69, 9.17) is 19.4 Å². The van der Waals surface area contributed by atoms with Crippen molar-refractivity contribution in [3.63, 3.8) is 0 Å². The summed E-state index contributed by atoms with van der Waals surface area (Å²) in [6, 6.07) is 23.1. The number of methoxy groups -OCH3 is 1. The van der Waals surface area contributed by atoms with E-state index in [0.29, 0.717) is 46.6 Å². The number of rotatable bonds is 11. The first-order valence-electron chi connectivity index (χ1n) is 14.3. The van der Waals surface area contributed by atoms with E-state index in [1.54, 1.807) is 30.5 Å². The maximum Gasteiger partial charge on any atom is 0.259 e. The van der Waals surface area contributed by atoms with Gasteiger partial charge in [-0.25, -0.2) is 23.7 Å². The van der Waals surface area contributed by atoms with E-state index in [2.05, 4.69) is 20.9 Å². The monoisotopic (exact) mass is 621 g/mol. The van der Waals surface area contributed by atoms with Gasteiger partial charge in [0, 0.05) is 36.3 Å². The summed E-state index contributed by atoms with van der Waals surface area (Å²) in [5.74, 6) is -1.27. The van der Waals surface area contributed by atoms with Gasteiger partial charge in [-0.15, -0.1) is 0 Å². The van der Waals surface area contributed by atoms with Gasteiger partial charge in [-0.3, -0.25) is 9.20 Å². The summed E-state index contributed by atoms with van der Waals surface area (Å²) in [7, 11) is 3.27. The first-order valence-corrected chi connectivity index (χ1v) is 14.3. The van der Waals surface area contributed by atoms with E-state index in [1.807, 2.05) is 60.1 Å². The third-order valence-corrected chi connectivity index (χ3v) is 7.06. The van der Waals surface area contributed by atoms with E-state index < -0.39 is 23.2 Å². The van der Waals surface area contributed by atoms with E-state index in [1.165, 1.54) is 13.2 Å². The molecule has 6 rings (SSSR count). The van der Waals surface area contributed by atoms with Crippen LogP contribution in [-0.4, -0.2) is 52.6 Å². The molecule has 0 aliphatic heterocycles. The highest BCUT2D eigenvalue weighted by Gasteiger charge is 2.22. The summed E-state index contributed by atoms with van der Waals surface area (Å²) in [6.45, 7) is 1.24. The fraction of sp³-hybridized carbons (Fsp3) is 0.118. The minimum Gasteiger partial charge on any atom is -0.496 e. The number of ether oxygens (including phenoxy) is 2. The van der Waals surface area contributed by atoms with E-state index in [0.717, 1.165) is 24.4 Å². The standard InChI is InChI=1S/C34H29F2N7O3/c1-37-16-18-46-23-8-5-7-22(20-23)39-34-38-15-14-27(40-34)32-30(41-29-11-3-4-17-43(29)32)21-12-13-28(45-2)24(19-21)33(44)42-31-25(35)9-6-10-26(31)36/h3-15,17,19-20,37H,16,18H2,1-2H3,(H,42,44)(H,38,39,40). The maximum atomic E-state index is 14.3. The molecule has 0 aliphatic rings. The highest BCUT2D eigenvalue weighted by Crippen LogP contribution is 2.35. The normalized spacial score (nSPS) is 11.0. The largest absolute Gasteiger partial charge is 0.496 e. The molecular weight excluding hydrogens is 592 g/mol. The molecule has 0 fully saturated rings. The van der Waals surface area contributed by atoms with Crippen LogP contribution in [0.4, 0.5) is 26.1 Å². The van der Waals surface area contributed by atoms with E-state index in [9.17, 15) is 13.6 Å². The molecule has 3 heterocycles. The number of hydrogen-bond acceptors (Lipinski definition) is 8. The third-order valence-electron chi connectivity index (χ3n) is 7.06. The zero-order chi connectivity index (χ0) is 32.0. The SMILES string of the molecule is CNCCOc1cccc(Nc2nccc(-c3c(-c4ccc(OC)c(C(=O)Nc5c(F)cccc5F)c4)nc4ccccn34)n2)c1. The number of nitrogens with one attached hydrogen (secondary N) is 3. The summed E-state index contributed by atoms with van der Waals surface area (Å²) in [5.41, 5.74) is 3.17. The molecule has 1 amide bonds. The van der Waals surface area contributed by atoms with Gasteiger partial charge in [0.15, 0.2) is 0 Å². The Labute approximate surface area is 263 Å². The second-order valence-electron chi connectivity index (χ2n) is 10.1. The molecule has 0 saturated carbocycles. The molecule has 10 nitrogen and oxygen atoms in total. The lowest BCUT2D eigenvalue weighted by Crippen LogP contribution is -2.15. The lowest BCUT2D eigenvalue weighted by molar-refractivity contribution is 0.102. The van der Waals surface area contributed by atoms with Crippen molar-refractivity contribution in [2.75, 3.05) is 37.9 Å². The summed E-state index contributed by atoms with van der Waals surface area (Å²) in [4.78, 5) is 27.4. The lowest BCUT2D eigenvalue weighted by Gasteiger charge is -2.13. The molecule has 3 aromatic heterocycles. The smallest absolute Gasteiger partial charge is 0.259 e. The third kappa shape index (κ3) is 6.33. The van der Waals surface area contributed by atoms with Crippen molar-refractivity contribution in [2.45, 2.75) is 0 Å².